The normalized spacial score (nSPS) is 52.5. The van der Waals surface area contributed by atoms with Crippen molar-refractivity contribution < 1.29 is 79.9 Å². The van der Waals surface area contributed by atoms with Gasteiger partial charge in [0, 0.05) is 0 Å². The van der Waals surface area contributed by atoms with E-state index >= 15 is 0 Å². The van der Waals surface area contributed by atoms with E-state index in [9.17, 15) is 56.2 Å². The summed E-state index contributed by atoms with van der Waals surface area (Å²) >= 11 is 0. The highest BCUT2D eigenvalue weighted by Gasteiger charge is 2.51. The highest BCUT2D eigenvalue weighted by Crippen LogP contribution is 2.29. The monoisotopic (exact) mass is 504 g/mol. The molecule has 0 aromatic carbocycles. The first-order valence-electron chi connectivity index (χ1n) is 10.6. The van der Waals surface area contributed by atoms with Crippen LogP contribution in [0.1, 0.15) is 0 Å². The quantitative estimate of drug-likeness (QED) is 0.154. The van der Waals surface area contributed by atoms with E-state index in [1.807, 2.05) is 0 Å². The molecule has 0 amide bonds. The summed E-state index contributed by atoms with van der Waals surface area (Å²) < 4.78 is 26.0. The second-order valence-electron chi connectivity index (χ2n) is 8.37. The molecule has 3 aliphatic rings. The van der Waals surface area contributed by atoms with Gasteiger partial charge in [-0.05, 0) is 0 Å². The number of aliphatic hydroxyl groups excluding tert-OH is 11. The lowest BCUT2D eigenvalue weighted by molar-refractivity contribution is -0.366. The smallest absolute Gasteiger partial charge is 0.187 e. The maximum atomic E-state index is 10.4. The fraction of sp³-hybridized carbons (Fsp3) is 1.00. The molecule has 0 spiro atoms. The van der Waals surface area contributed by atoms with Crippen molar-refractivity contribution in [2.45, 2.75) is 92.1 Å². The molecule has 0 bridgehead atoms. The van der Waals surface area contributed by atoms with Gasteiger partial charge in [-0.2, -0.15) is 0 Å². The molecule has 16 nitrogen and oxygen atoms in total. The summed E-state index contributed by atoms with van der Waals surface area (Å²) in [5.41, 5.74) is 0. The van der Waals surface area contributed by atoms with Crippen molar-refractivity contribution in [2.24, 2.45) is 0 Å². The van der Waals surface area contributed by atoms with Gasteiger partial charge < -0.3 is 79.9 Å². The minimum absolute atomic E-state index is 0.593. The maximum absolute atomic E-state index is 10.4. The highest BCUT2D eigenvalue weighted by atomic mass is 16.7. The summed E-state index contributed by atoms with van der Waals surface area (Å²) in [5.74, 6) is 0. The van der Waals surface area contributed by atoms with Crippen LogP contribution in [0.25, 0.3) is 0 Å². The predicted molar refractivity (Wildman–Crippen MR) is 101 cm³/mol. The van der Waals surface area contributed by atoms with Crippen LogP contribution >= 0.6 is 0 Å². The zero-order valence-electron chi connectivity index (χ0n) is 17.7. The lowest BCUT2D eigenvalue weighted by atomic mass is 9.97. The summed E-state index contributed by atoms with van der Waals surface area (Å²) in [6.45, 7) is -2.02. The van der Waals surface area contributed by atoms with Crippen LogP contribution in [0.15, 0.2) is 0 Å². The second kappa shape index (κ2) is 11.6. The van der Waals surface area contributed by atoms with Crippen LogP contribution in [-0.2, 0) is 23.7 Å². The van der Waals surface area contributed by atoms with Crippen molar-refractivity contribution >= 4 is 0 Å². The van der Waals surface area contributed by atoms with Crippen LogP contribution in [0.2, 0.25) is 0 Å². The molecule has 0 radical (unpaired) electrons. The van der Waals surface area contributed by atoms with Gasteiger partial charge in [-0.25, -0.2) is 0 Å². The zero-order chi connectivity index (χ0) is 25.3. The van der Waals surface area contributed by atoms with E-state index in [1.54, 1.807) is 0 Å². The molecule has 16 heteroatoms. The van der Waals surface area contributed by atoms with Gasteiger partial charge in [0.2, 0.25) is 0 Å². The molecule has 34 heavy (non-hydrogen) atoms. The topological polar surface area (TPSA) is 269 Å². The Morgan fingerprint density at radius 2 is 0.971 bits per heavy atom. The Kier molecular flexibility index (Phi) is 9.54. The van der Waals surface area contributed by atoms with Crippen molar-refractivity contribution in [2.75, 3.05) is 19.8 Å². The molecule has 11 N–H and O–H groups in total. The Labute approximate surface area is 192 Å². The van der Waals surface area contributed by atoms with Gasteiger partial charge in [-0.1, -0.05) is 0 Å². The van der Waals surface area contributed by atoms with Crippen LogP contribution in [0.4, 0.5) is 0 Å². The van der Waals surface area contributed by atoms with Crippen LogP contribution < -0.4 is 0 Å². The molecule has 3 rings (SSSR count). The van der Waals surface area contributed by atoms with Gasteiger partial charge in [0.1, 0.15) is 73.2 Å². The first-order valence-corrected chi connectivity index (χ1v) is 10.6. The third-order valence-corrected chi connectivity index (χ3v) is 6.08. The summed E-state index contributed by atoms with van der Waals surface area (Å²) in [5, 5.41) is 109. The number of hydrogen-bond acceptors (Lipinski definition) is 16. The lowest BCUT2D eigenvalue weighted by Gasteiger charge is -2.45. The van der Waals surface area contributed by atoms with Crippen molar-refractivity contribution in [3.8, 4) is 0 Å². The molecule has 3 aliphatic heterocycles. The molecule has 15 atom stereocenters. The molecule has 3 fully saturated rings. The van der Waals surface area contributed by atoms with Crippen molar-refractivity contribution in [1.82, 2.24) is 0 Å². The van der Waals surface area contributed by atoms with Gasteiger partial charge in [-0.15, -0.1) is 0 Å². The average molecular weight is 504 g/mol. The van der Waals surface area contributed by atoms with Gasteiger partial charge in [0.05, 0.1) is 19.8 Å². The minimum atomic E-state index is -1.92. The Morgan fingerprint density at radius 3 is 1.50 bits per heavy atom. The van der Waals surface area contributed by atoms with E-state index in [0.29, 0.717) is 0 Å². The standard InChI is InChI=1S/C18H32O16/c19-1-4-7(21)10(24)13(27)17(32-4)30-3-6-9(23)12(26)15(16(29)31-6)34-18-14(28)11(25)8(22)5(2-20)33-18/h4-29H,1-3H2/t4-,5-,6-,7-,8-,9-,10+,11+,12+,13-,14-,15-,16?,17?,18?/m1/s1. The molecule has 3 unspecified atom stereocenters. The van der Waals surface area contributed by atoms with E-state index in [2.05, 4.69) is 0 Å². The van der Waals surface area contributed by atoms with Crippen molar-refractivity contribution in [3.05, 3.63) is 0 Å². The van der Waals surface area contributed by atoms with Gasteiger partial charge in [0.25, 0.3) is 0 Å². The largest absolute Gasteiger partial charge is 0.394 e. The molecule has 0 aliphatic carbocycles. The Bertz CT molecular complexity index is 635. The number of rotatable bonds is 7. The fourth-order valence-corrected chi connectivity index (χ4v) is 3.94. The third-order valence-electron chi connectivity index (χ3n) is 6.08. The fourth-order valence-electron chi connectivity index (χ4n) is 3.94. The van der Waals surface area contributed by atoms with Crippen molar-refractivity contribution in [3.63, 3.8) is 0 Å². The molecule has 0 saturated carbocycles. The molecule has 3 heterocycles. The first-order chi connectivity index (χ1) is 16.0. The SMILES string of the molecule is OC[C@H]1OC(OC[C@H]2OC(O)[C@H](OC3O[C@H](CO)[C@@H](O)[C@H](O)[C@H]3O)[C@@H](O)[C@@H]2O)[C@H](O)[C@@H](O)[C@@H]1O. The maximum Gasteiger partial charge on any atom is 0.187 e. The molecule has 3 saturated heterocycles. The summed E-state index contributed by atoms with van der Waals surface area (Å²) in [7, 11) is 0. The van der Waals surface area contributed by atoms with E-state index in [4.69, 9.17) is 23.7 Å². The molecule has 0 aromatic heterocycles. The Balaban J connectivity index is 1.59. The van der Waals surface area contributed by atoms with Crippen molar-refractivity contribution in [1.29, 1.82) is 0 Å². The van der Waals surface area contributed by atoms with Gasteiger partial charge in [-0.3, -0.25) is 0 Å². The van der Waals surface area contributed by atoms with E-state index in [0.717, 1.165) is 0 Å². The number of aliphatic hydroxyl groups is 11. The molecule has 200 valence electrons. The molecular weight excluding hydrogens is 472 g/mol. The highest BCUT2D eigenvalue weighted by molar-refractivity contribution is 4.94. The third kappa shape index (κ3) is 5.52. The summed E-state index contributed by atoms with van der Waals surface area (Å²) in [4.78, 5) is 0. The van der Waals surface area contributed by atoms with E-state index in [-0.39, 0.29) is 0 Å². The van der Waals surface area contributed by atoms with E-state index < -0.39 is 112 Å². The minimum Gasteiger partial charge on any atom is -0.394 e. The first kappa shape index (κ1) is 27.9. The Morgan fingerprint density at radius 1 is 0.500 bits per heavy atom. The van der Waals surface area contributed by atoms with Crippen LogP contribution in [-0.4, -0.2) is 168 Å². The second-order valence-corrected chi connectivity index (χ2v) is 8.37. The molecular formula is C18H32O16. The Hall–Kier alpha value is -0.640. The summed E-state index contributed by atoms with van der Waals surface area (Å²) in [6.07, 6.45) is -24.8. The zero-order valence-corrected chi connectivity index (χ0v) is 17.7. The number of ether oxygens (including phenoxy) is 5. The van der Waals surface area contributed by atoms with Gasteiger partial charge >= 0.3 is 0 Å². The van der Waals surface area contributed by atoms with E-state index in [1.165, 1.54) is 0 Å². The van der Waals surface area contributed by atoms with Crippen LogP contribution in [0.5, 0.6) is 0 Å². The number of hydrogen-bond donors (Lipinski definition) is 11. The predicted octanol–water partition coefficient (Wildman–Crippen LogP) is -7.57. The van der Waals surface area contributed by atoms with Gasteiger partial charge in [0.15, 0.2) is 18.9 Å². The van der Waals surface area contributed by atoms with Crippen LogP contribution in [0, 0.1) is 0 Å². The lowest BCUT2D eigenvalue weighted by Crippen LogP contribution is -2.64. The average Bonchev–Trinajstić information content (AvgIpc) is 2.82. The van der Waals surface area contributed by atoms with Crippen LogP contribution in [0.3, 0.4) is 0 Å². The molecule has 0 aromatic rings. The summed E-state index contributed by atoms with van der Waals surface area (Å²) in [6, 6.07) is 0.